The van der Waals surface area contributed by atoms with E-state index in [0.29, 0.717) is 62.5 Å². The molecule has 0 saturated carbocycles. The van der Waals surface area contributed by atoms with Gasteiger partial charge in [0, 0.05) is 6.07 Å². The lowest BCUT2D eigenvalue weighted by atomic mass is 10.1. The number of ether oxygens (including phenoxy) is 4. The van der Waals surface area contributed by atoms with Gasteiger partial charge < -0.3 is 18.9 Å². The van der Waals surface area contributed by atoms with E-state index in [1.54, 1.807) is 129 Å². The first kappa shape index (κ1) is 37.4. The Bertz CT molecular complexity index is 2430. The van der Waals surface area contributed by atoms with Crippen molar-refractivity contribution in [1.29, 1.82) is 0 Å². The molecule has 274 valence electrons. The first-order valence-electron chi connectivity index (χ1n) is 17.1. The van der Waals surface area contributed by atoms with Crippen LogP contribution < -0.4 is 18.9 Å². The molecule has 0 bridgehead atoms. The summed E-state index contributed by atoms with van der Waals surface area (Å²) in [6.45, 7) is 5.57. The van der Waals surface area contributed by atoms with Crippen molar-refractivity contribution in [1.82, 2.24) is 0 Å². The maximum atomic E-state index is 12.9. The summed E-state index contributed by atoms with van der Waals surface area (Å²) in [5.41, 5.74) is 6.49. The molecule has 0 fully saturated rings. The molecule has 0 aromatic heterocycles. The summed E-state index contributed by atoms with van der Waals surface area (Å²) >= 11 is 0. The largest absolute Gasteiger partial charge is 0.497 e. The lowest BCUT2D eigenvalue weighted by Crippen LogP contribution is -2.10. The highest BCUT2D eigenvalue weighted by Crippen LogP contribution is 2.37. The minimum absolute atomic E-state index is 0.281. The minimum Gasteiger partial charge on any atom is -0.497 e. The lowest BCUT2D eigenvalue weighted by molar-refractivity contribution is 0.0725. The van der Waals surface area contributed by atoms with Gasteiger partial charge in [-0.3, -0.25) is 0 Å². The van der Waals surface area contributed by atoms with Crippen LogP contribution in [0.1, 0.15) is 37.4 Å². The van der Waals surface area contributed by atoms with E-state index in [1.165, 1.54) is 0 Å². The Morgan fingerprint density at radius 3 is 1.71 bits per heavy atom. The van der Waals surface area contributed by atoms with E-state index < -0.39 is 11.9 Å². The Balaban J connectivity index is 1.09. The van der Waals surface area contributed by atoms with Gasteiger partial charge in [-0.15, -0.1) is 10.2 Å². The molecule has 6 rings (SSSR count). The summed E-state index contributed by atoms with van der Waals surface area (Å²) in [4.78, 5) is 25.3. The molecule has 0 saturated heterocycles. The van der Waals surface area contributed by atoms with Crippen LogP contribution in [0.2, 0.25) is 0 Å². The summed E-state index contributed by atoms with van der Waals surface area (Å²) < 4.78 is 22.0. The zero-order valence-corrected chi connectivity index (χ0v) is 30.8. The predicted molar refractivity (Wildman–Crippen MR) is 208 cm³/mol. The molecule has 0 aliphatic rings. The molecule has 0 heterocycles. The van der Waals surface area contributed by atoms with Crippen LogP contribution in [-0.2, 0) is 0 Å². The average molecular weight is 733 g/mol. The van der Waals surface area contributed by atoms with Crippen LogP contribution in [0.3, 0.4) is 0 Å². The highest BCUT2D eigenvalue weighted by Gasteiger charge is 2.15. The van der Waals surface area contributed by atoms with Crippen LogP contribution >= 0.6 is 0 Å². The van der Waals surface area contributed by atoms with Crippen LogP contribution in [0.5, 0.6) is 23.0 Å². The number of methoxy groups -OCH3 is 2. The number of hydrogen-bond acceptors (Lipinski definition) is 12. The van der Waals surface area contributed by atoms with E-state index in [1.807, 2.05) is 32.9 Å². The number of nitrogens with zero attached hydrogens (tertiary/aromatic N) is 6. The summed E-state index contributed by atoms with van der Waals surface area (Å²) in [7, 11) is 3.12. The van der Waals surface area contributed by atoms with Gasteiger partial charge in [0.2, 0.25) is 0 Å². The molecular weight excluding hydrogens is 697 g/mol. The molecule has 0 aliphatic heterocycles. The number of carbonyl (C=O) groups is 2. The van der Waals surface area contributed by atoms with Crippen LogP contribution in [0.25, 0.3) is 0 Å². The van der Waals surface area contributed by atoms with Crippen LogP contribution in [0.15, 0.2) is 158 Å². The van der Waals surface area contributed by atoms with Gasteiger partial charge in [-0.25, -0.2) is 9.59 Å². The van der Waals surface area contributed by atoms with Gasteiger partial charge in [-0.2, -0.15) is 20.5 Å². The first-order valence-corrected chi connectivity index (χ1v) is 17.1. The van der Waals surface area contributed by atoms with Gasteiger partial charge in [0.15, 0.2) is 5.75 Å². The van der Waals surface area contributed by atoms with Crippen LogP contribution in [0.4, 0.5) is 34.1 Å². The molecule has 0 spiro atoms. The summed E-state index contributed by atoms with van der Waals surface area (Å²) in [6, 6.07) is 36.6. The smallest absolute Gasteiger partial charge is 0.343 e. The van der Waals surface area contributed by atoms with Crippen LogP contribution in [0, 0.1) is 20.8 Å². The predicted octanol–water partition coefficient (Wildman–Crippen LogP) is 12.3. The third-order valence-electron chi connectivity index (χ3n) is 8.27. The van der Waals surface area contributed by atoms with E-state index >= 15 is 0 Å². The molecule has 6 aromatic rings. The second-order valence-corrected chi connectivity index (χ2v) is 12.2. The SMILES string of the molecule is COc1ccc(C(=O)Oc2ccccc2N=Nc2ccc(N=Nc3cc(OC)c(N=Nc4ccc(OC(=O)c5ccccc5)cc4C)cc3C)cc2)c(C)c1. The van der Waals surface area contributed by atoms with Crippen LogP contribution in [-0.4, -0.2) is 26.2 Å². The van der Waals surface area contributed by atoms with Gasteiger partial charge in [0.1, 0.15) is 28.6 Å². The number of azo groups is 3. The van der Waals surface area contributed by atoms with Gasteiger partial charge in [0.25, 0.3) is 0 Å². The molecule has 0 N–H and O–H groups in total. The fraction of sp³-hybridized carbons (Fsp3) is 0.116. The molecule has 12 nitrogen and oxygen atoms in total. The molecular formula is C43H36N6O6. The van der Waals surface area contributed by atoms with Crippen molar-refractivity contribution in [2.75, 3.05) is 14.2 Å². The van der Waals surface area contributed by atoms with Gasteiger partial charge in [-0.1, -0.05) is 30.3 Å². The maximum absolute atomic E-state index is 12.9. The maximum Gasteiger partial charge on any atom is 0.343 e. The molecule has 0 unspecified atom stereocenters. The zero-order chi connectivity index (χ0) is 38.7. The Morgan fingerprint density at radius 1 is 0.436 bits per heavy atom. The number of para-hydroxylation sites is 1. The summed E-state index contributed by atoms with van der Waals surface area (Å²) in [5.74, 6) is 0.869. The van der Waals surface area contributed by atoms with E-state index in [4.69, 9.17) is 18.9 Å². The number of hydrogen-bond donors (Lipinski definition) is 0. The van der Waals surface area contributed by atoms with E-state index in [-0.39, 0.29) is 5.75 Å². The molecule has 6 aromatic carbocycles. The monoisotopic (exact) mass is 732 g/mol. The number of esters is 2. The Kier molecular flexibility index (Phi) is 11.9. The van der Waals surface area contributed by atoms with Crippen molar-refractivity contribution in [3.63, 3.8) is 0 Å². The normalized spacial score (nSPS) is 11.3. The topological polar surface area (TPSA) is 145 Å². The number of benzene rings is 6. The average Bonchev–Trinajstić information content (AvgIpc) is 3.20. The minimum atomic E-state index is -0.507. The van der Waals surface area contributed by atoms with Gasteiger partial charge in [-0.05, 0) is 128 Å². The number of carbonyl (C=O) groups excluding carboxylic acids is 2. The molecule has 0 aliphatic carbocycles. The quantitative estimate of drug-likeness (QED) is 0.0695. The standard InChI is InChI=1S/C43H36N6O6/c1-27-23-33(52-4)19-21-35(27)43(51)55-40-14-10-9-13-37(40)47-44-31-15-17-32(18-16-31)45-48-38-26-41(53-5)39(25-29(38)3)49-46-36-22-20-34(24-28(36)2)54-42(50)30-11-7-6-8-12-30/h6-26H,1-5H3. The van der Waals surface area contributed by atoms with Gasteiger partial charge >= 0.3 is 11.9 Å². The highest BCUT2D eigenvalue weighted by atomic mass is 16.5. The second kappa shape index (κ2) is 17.5. The number of rotatable bonds is 12. The Labute approximate surface area is 317 Å². The summed E-state index contributed by atoms with van der Waals surface area (Å²) in [5, 5.41) is 26.3. The van der Waals surface area contributed by atoms with Crippen molar-refractivity contribution in [2.45, 2.75) is 20.8 Å². The fourth-order valence-corrected chi connectivity index (χ4v) is 5.25. The summed E-state index contributed by atoms with van der Waals surface area (Å²) in [6.07, 6.45) is 0. The second-order valence-electron chi connectivity index (χ2n) is 12.2. The van der Waals surface area contributed by atoms with E-state index in [0.717, 1.165) is 16.7 Å². The third-order valence-corrected chi connectivity index (χ3v) is 8.27. The van der Waals surface area contributed by atoms with Gasteiger partial charge in [0.05, 0.1) is 48.1 Å². The van der Waals surface area contributed by atoms with Crippen molar-refractivity contribution >= 4 is 46.1 Å². The van der Waals surface area contributed by atoms with Crippen molar-refractivity contribution in [2.24, 2.45) is 30.7 Å². The lowest BCUT2D eigenvalue weighted by Gasteiger charge is -2.09. The fourth-order valence-electron chi connectivity index (χ4n) is 5.25. The third kappa shape index (κ3) is 9.56. The van der Waals surface area contributed by atoms with E-state index in [9.17, 15) is 9.59 Å². The molecule has 55 heavy (non-hydrogen) atoms. The first-order chi connectivity index (χ1) is 26.7. The molecule has 0 atom stereocenters. The zero-order valence-electron chi connectivity index (χ0n) is 30.8. The van der Waals surface area contributed by atoms with E-state index in [2.05, 4.69) is 30.7 Å². The molecule has 0 amide bonds. The highest BCUT2D eigenvalue weighted by molar-refractivity contribution is 5.93. The Morgan fingerprint density at radius 2 is 1.04 bits per heavy atom. The van der Waals surface area contributed by atoms with Crippen molar-refractivity contribution in [3.8, 4) is 23.0 Å². The number of aryl methyl sites for hydroxylation is 3. The molecule has 12 heteroatoms. The van der Waals surface area contributed by atoms with Crippen molar-refractivity contribution < 1.29 is 28.5 Å². The Hall–Kier alpha value is -7.34. The molecule has 0 radical (unpaired) electrons. The van der Waals surface area contributed by atoms with Crippen molar-refractivity contribution in [3.05, 3.63) is 155 Å².